The summed E-state index contributed by atoms with van der Waals surface area (Å²) in [7, 11) is 0. The van der Waals surface area contributed by atoms with Crippen LogP contribution in [-0.4, -0.2) is 12.5 Å². The summed E-state index contributed by atoms with van der Waals surface area (Å²) in [6.07, 6.45) is 3.01. The van der Waals surface area contributed by atoms with Crippen LogP contribution in [0, 0.1) is 31.1 Å². The maximum Gasteiger partial charge on any atom is 0.262 e. The second-order valence-corrected chi connectivity index (χ2v) is 7.81. The van der Waals surface area contributed by atoms with E-state index < -0.39 is 0 Å². The van der Waals surface area contributed by atoms with E-state index in [0.29, 0.717) is 16.5 Å². The Morgan fingerprint density at radius 3 is 3.00 bits per heavy atom. The van der Waals surface area contributed by atoms with Gasteiger partial charge in [0.05, 0.1) is 5.56 Å². The fraction of sp³-hybridized carbons (Fsp3) is 0.400. The zero-order chi connectivity index (χ0) is 18.0. The second kappa shape index (κ2) is 7.28. The van der Waals surface area contributed by atoms with Crippen LogP contribution >= 0.6 is 11.3 Å². The van der Waals surface area contributed by atoms with Gasteiger partial charge in [0.15, 0.2) is 6.61 Å². The number of anilines is 1. The monoisotopic (exact) mass is 354 g/mol. The minimum Gasteiger partial charge on any atom is -0.483 e. The van der Waals surface area contributed by atoms with Gasteiger partial charge < -0.3 is 10.1 Å². The van der Waals surface area contributed by atoms with Crippen LogP contribution < -0.4 is 10.1 Å². The molecule has 0 radical (unpaired) electrons. The van der Waals surface area contributed by atoms with Crippen molar-refractivity contribution in [2.45, 2.75) is 40.0 Å². The predicted octanol–water partition coefficient (Wildman–Crippen LogP) is 4.38. The van der Waals surface area contributed by atoms with E-state index in [9.17, 15) is 10.1 Å². The lowest BCUT2D eigenvalue weighted by molar-refractivity contribution is -0.118. The zero-order valence-corrected chi connectivity index (χ0v) is 15.6. The van der Waals surface area contributed by atoms with Crippen molar-refractivity contribution in [1.82, 2.24) is 0 Å². The van der Waals surface area contributed by atoms with Gasteiger partial charge in [-0.2, -0.15) is 5.26 Å². The van der Waals surface area contributed by atoms with Gasteiger partial charge in [-0.25, -0.2) is 0 Å². The number of hydrogen-bond acceptors (Lipinski definition) is 4. The molecule has 1 amide bonds. The quantitative estimate of drug-likeness (QED) is 0.886. The number of carbonyl (C=O) groups is 1. The lowest BCUT2D eigenvalue weighted by Gasteiger charge is -2.17. The first-order chi connectivity index (χ1) is 12.0. The van der Waals surface area contributed by atoms with E-state index in [1.807, 2.05) is 32.0 Å². The smallest absolute Gasteiger partial charge is 0.262 e. The van der Waals surface area contributed by atoms with Crippen molar-refractivity contribution >= 4 is 22.2 Å². The molecule has 3 rings (SSSR count). The number of hydrogen-bond donors (Lipinski definition) is 1. The lowest BCUT2D eigenvalue weighted by Crippen LogP contribution is -2.20. The van der Waals surface area contributed by atoms with E-state index in [-0.39, 0.29) is 12.5 Å². The highest BCUT2D eigenvalue weighted by Crippen LogP contribution is 2.39. The molecule has 0 spiro atoms. The summed E-state index contributed by atoms with van der Waals surface area (Å²) < 4.78 is 5.65. The summed E-state index contributed by atoms with van der Waals surface area (Å²) >= 11 is 1.54. The van der Waals surface area contributed by atoms with Crippen molar-refractivity contribution in [2.75, 3.05) is 11.9 Å². The Morgan fingerprint density at radius 1 is 1.44 bits per heavy atom. The van der Waals surface area contributed by atoms with Gasteiger partial charge in [0.2, 0.25) is 0 Å². The number of thiophene rings is 1. The van der Waals surface area contributed by atoms with Crippen molar-refractivity contribution in [3.8, 4) is 11.8 Å². The fourth-order valence-corrected chi connectivity index (χ4v) is 4.52. The molecule has 1 N–H and O–H groups in total. The number of nitrogens with one attached hydrogen (secondary N) is 1. The number of fused-ring (bicyclic) bond motifs is 1. The molecular weight excluding hydrogens is 332 g/mol. The summed E-state index contributed by atoms with van der Waals surface area (Å²) in [4.78, 5) is 13.5. The largest absolute Gasteiger partial charge is 0.483 e. The Balaban J connectivity index is 1.69. The molecule has 0 aliphatic heterocycles. The molecule has 0 unspecified atom stereocenters. The van der Waals surface area contributed by atoms with Crippen LogP contribution in [0.1, 0.15) is 40.5 Å². The molecular formula is C20H22N2O2S. The SMILES string of the molecule is Cc1cccc(OCC(=O)Nc2sc3c(c2C#N)CC[C@@H](C)C3)c1C. The molecule has 1 aromatic heterocycles. The maximum atomic E-state index is 12.3. The molecule has 25 heavy (non-hydrogen) atoms. The minimum absolute atomic E-state index is 0.0614. The van der Waals surface area contributed by atoms with Crippen molar-refractivity contribution in [3.05, 3.63) is 45.3 Å². The molecule has 0 bridgehead atoms. The molecule has 1 aliphatic carbocycles. The minimum atomic E-state index is -0.232. The van der Waals surface area contributed by atoms with Gasteiger partial charge in [0, 0.05) is 4.88 Å². The van der Waals surface area contributed by atoms with Gasteiger partial charge >= 0.3 is 0 Å². The standard InChI is InChI=1S/C20H22N2O2S/c1-12-7-8-15-16(10-21)20(25-18(15)9-12)22-19(23)11-24-17-6-4-5-13(2)14(17)3/h4-6,12H,7-9,11H2,1-3H3,(H,22,23)/t12-/m1/s1. The van der Waals surface area contributed by atoms with Crippen LogP contribution in [0.2, 0.25) is 0 Å². The predicted molar refractivity (Wildman–Crippen MR) is 100 cm³/mol. The van der Waals surface area contributed by atoms with Crippen molar-refractivity contribution in [3.63, 3.8) is 0 Å². The number of ether oxygens (including phenoxy) is 1. The van der Waals surface area contributed by atoms with Crippen LogP contribution in [0.3, 0.4) is 0 Å². The van der Waals surface area contributed by atoms with Gasteiger partial charge in [0.25, 0.3) is 5.91 Å². The molecule has 0 saturated carbocycles. The van der Waals surface area contributed by atoms with Crippen molar-refractivity contribution in [1.29, 1.82) is 5.26 Å². The number of carbonyl (C=O) groups excluding carboxylic acids is 1. The second-order valence-electron chi connectivity index (χ2n) is 6.70. The van der Waals surface area contributed by atoms with Crippen LogP contribution in [0.4, 0.5) is 5.00 Å². The Bertz CT molecular complexity index is 848. The molecule has 5 heteroatoms. The van der Waals surface area contributed by atoms with E-state index >= 15 is 0 Å². The first kappa shape index (κ1) is 17.5. The van der Waals surface area contributed by atoms with Crippen molar-refractivity contribution < 1.29 is 9.53 Å². The van der Waals surface area contributed by atoms with E-state index in [0.717, 1.165) is 41.7 Å². The molecule has 0 saturated heterocycles. The zero-order valence-electron chi connectivity index (χ0n) is 14.8. The van der Waals surface area contributed by atoms with E-state index in [2.05, 4.69) is 18.3 Å². The Kier molecular flexibility index (Phi) is 5.10. The summed E-state index contributed by atoms with van der Waals surface area (Å²) in [6, 6.07) is 8.06. The molecule has 0 fully saturated rings. The van der Waals surface area contributed by atoms with Crippen LogP contribution in [0.15, 0.2) is 18.2 Å². The fourth-order valence-electron chi connectivity index (χ4n) is 3.14. The number of benzene rings is 1. The van der Waals surface area contributed by atoms with Gasteiger partial charge in [0.1, 0.15) is 16.8 Å². The highest BCUT2D eigenvalue weighted by molar-refractivity contribution is 7.16. The number of aryl methyl sites for hydroxylation is 1. The summed E-state index contributed by atoms with van der Waals surface area (Å²) in [5, 5.41) is 13.0. The van der Waals surface area contributed by atoms with Gasteiger partial charge in [-0.15, -0.1) is 11.3 Å². The highest BCUT2D eigenvalue weighted by Gasteiger charge is 2.24. The third kappa shape index (κ3) is 3.69. The Morgan fingerprint density at radius 2 is 2.24 bits per heavy atom. The average Bonchev–Trinajstić information content (AvgIpc) is 2.92. The number of rotatable bonds is 4. The van der Waals surface area contributed by atoms with E-state index in [1.165, 1.54) is 16.2 Å². The molecule has 2 aromatic rings. The van der Waals surface area contributed by atoms with Crippen LogP contribution in [0.25, 0.3) is 0 Å². The van der Waals surface area contributed by atoms with Crippen LogP contribution in [0.5, 0.6) is 5.75 Å². The van der Waals surface area contributed by atoms with Gasteiger partial charge in [-0.05, 0) is 61.8 Å². The summed E-state index contributed by atoms with van der Waals surface area (Å²) in [5.74, 6) is 1.12. The molecule has 1 heterocycles. The molecule has 130 valence electrons. The highest BCUT2D eigenvalue weighted by atomic mass is 32.1. The third-order valence-electron chi connectivity index (χ3n) is 4.79. The molecule has 4 nitrogen and oxygen atoms in total. The average molecular weight is 354 g/mol. The molecule has 1 atom stereocenters. The Labute approximate surface area is 152 Å². The first-order valence-corrected chi connectivity index (χ1v) is 9.34. The van der Waals surface area contributed by atoms with Gasteiger partial charge in [-0.3, -0.25) is 4.79 Å². The number of nitriles is 1. The number of amides is 1. The summed E-state index contributed by atoms with van der Waals surface area (Å²) in [6.45, 7) is 6.16. The Hall–Kier alpha value is -2.32. The van der Waals surface area contributed by atoms with Crippen molar-refractivity contribution in [2.24, 2.45) is 5.92 Å². The van der Waals surface area contributed by atoms with Crippen LogP contribution in [-0.2, 0) is 17.6 Å². The van der Waals surface area contributed by atoms with E-state index in [1.54, 1.807) is 0 Å². The molecule has 1 aliphatic rings. The normalized spacial score (nSPS) is 16.0. The topological polar surface area (TPSA) is 62.1 Å². The first-order valence-electron chi connectivity index (χ1n) is 8.53. The molecule has 1 aromatic carbocycles. The number of nitrogens with zero attached hydrogens (tertiary/aromatic N) is 1. The maximum absolute atomic E-state index is 12.3. The third-order valence-corrected chi connectivity index (χ3v) is 5.96. The van der Waals surface area contributed by atoms with E-state index in [4.69, 9.17) is 4.74 Å². The summed E-state index contributed by atoms with van der Waals surface area (Å²) in [5.41, 5.74) is 3.92. The lowest BCUT2D eigenvalue weighted by atomic mass is 9.89. The van der Waals surface area contributed by atoms with Gasteiger partial charge in [-0.1, -0.05) is 19.1 Å².